The second-order valence-electron chi connectivity index (χ2n) is 4.23. The van der Waals surface area contributed by atoms with E-state index in [4.69, 9.17) is 5.11 Å². The molecule has 3 nitrogen and oxygen atoms in total. The Morgan fingerprint density at radius 3 is 2.71 bits per heavy atom. The van der Waals surface area contributed by atoms with Crippen LogP contribution in [0.5, 0.6) is 0 Å². The molecule has 0 aromatic carbocycles. The molecule has 1 aromatic heterocycles. The smallest absolute Gasteiger partial charge is 0.416 e. The van der Waals surface area contributed by atoms with E-state index in [1.165, 1.54) is 24.0 Å². The van der Waals surface area contributed by atoms with Crippen LogP contribution in [-0.2, 0) is 11.9 Å². The van der Waals surface area contributed by atoms with Gasteiger partial charge in [-0.15, -0.1) is 11.8 Å². The summed E-state index contributed by atoms with van der Waals surface area (Å²) in [5.41, 5.74) is -0.0544. The molecule has 0 radical (unpaired) electrons. The monoisotopic (exact) mass is 316 g/mol. The molecule has 0 saturated carbocycles. The largest absolute Gasteiger partial charge is 0.509 e. The van der Waals surface area contributed by atoms with Crippen LogP contribution in [0.4, 0.5) is 13.2 Å². The van der Waals surface area contributed by atoms with Crippen LogP contribution in [0, 0.1) is 0 Å². The maximum Gasteiger partial charge on any atom is 0.416 e. The molecule has 0 unspecified atom stereocenters. The molecule has 0 aliphatic rings. The number of halogens is 3. The van der Waals surface area contributed by atoms with Gasteiger partial charge in [-0.2, -0.15) is 13.2 Å². The number of hydrogen-bond donors (Lipinski definition) is 1. The Balaban J connectivity index is 2.81. The second-order valence-corrected chi connectivity index (χ2v) is 5.40. The van der Waals surface area contributed by atoms with Gasteiger partial charge in [-0.25, -0.2) is 0 Å². The summed E-state index contributed by atoms with van der Waals surface area (Å²) in [5.74, 6) is -0.00795. The van der Waals surface area contributed by atoms with Crippen LogP contribution in [-0.4, -0.2) is 15.1 Å². The van der Waals surface area contributed by atoms with Crippen LogP contribution >= 0.6 is 11.8 Å². The number of aliphatic imine (C=N–C) groups is 1. The lowest BCUT2D eigenvalue weighted by molar-refractivity contribution is -0.138. The number of nitrogens with zero attached hydrogens (tertiary/aromatic N) is 2. The van der Waals surface area contributed by atoms with Crippen molar-refractivity contribution >= 4 is 16.8 Å². The number of rotatable bonds is 4. The number of thioether (sulfide) groups is 1. The van der Waals surface area contributed by atoms with Crippen molar-refractivity contribution < 1.29 is 18.3 Å². The molecule has 0 amide bonds. The van der Waals surface area contributed by atoms with Gasteiger partial charge in [0.25, 0.3) is 0 Å². The van der Waals surface area contributed by atoms with E-state index in [-0.39, 0.29) is 17.1 Å². The Morgan fingerprint density at radius 1 is 1.48 bits per heavy atom. The van der Waals surface area contributed by atoms with Gasteiger partial charge >= 0.3 is 6.18 Å². The maximum absolute atomic E-state index is 12.8. The summed E-state index contributed by atoms with van der Waals surface area (Å²) in [5, 5.41) is 9.57. The predicted octanol–water partition coefficient (Wildman–Crippen LogP) is 4.73. The molecule has 0 aliphatic carbocycles. The fourth-order valence-corrected chi connectivity index (χ4v) is 2.36. The fourth-order valence-electron chi connectivity index (χ4n) is 1.55. The molecule has 0 atom stereocenters. The molecule has 1 heterocycles. The molecule has 0 bridgehead atoms. The van der Waals surface area contributed by atoms with Gasteiger partial charge in [0.2, 0.25) is 0 Å². The number of alkyl halides is 3. The number of allylic oxidation sites excluding steroid dienone is 2. The van der Waals surface area contributed by atoms with E-state index >= 15 is 0 Å². The first-order chi connectivity index (χ1) is 9.70. The number of aromatic nitrogens is 1. The van der Waals surface area contributed by atoms with Gasteiger partial charge in [0.05, 0.1) is 10.6 Å². The Hall–Kier alpha value is -1.76. The van der Waals surface area contributed by atoms with E-state index in [9.17, 15) is 13.2 Å². The average Bonchev–Trinajstić information content (AvgIpc) is 2.34. The van der Waals surface area contributed by atoms with E-state index in [2.05, 4.69) is 16.6 Å². The minimum Gasteiger partial charge on any atom is -0.509 e. The van der Waals surface area contributed by atoms with Crippen molar-refractivity contribution in [3.63, 3.8) is 0 Å². The summed E-state index contributed by atoms with van der Waals surface area (Å²) in [7, 11) is 0. The Morgan fingerprint density at radius 2 is 2.14 bits per heavy atom. The minimum atomic E-state index is -4.39. The molecule has 0 aliphatic heterocycles. The van der Waals surface area contributed by atoms with Crippen molar-refractivity contribution in [3.05, 3.63) is 53.7 Å². The van der Waals surface area contributed by atoms with Gasteiger partial charge in [-0.1, -0.05) is 6.58 Å². The highest BCUT2D eigenvalue weighted by molar-refractivity contribution is 8.13. The van der Waals surface area contributed by atoms with Gasteiger partial charge < -0.3 is 5.11 Å². The van der Waals surface area contributed by atoms with Crippen LogP contribution in [0.15, 0.2) is 47.6 Å². The van der Waals surface area contributed by atoms with Gasteiger partial charge in [0.15, 0.2) is 0 Å². The lowest BCUT2D eigenvalue weighted by Gasteiger charge is -2.11. The fraction of sp³-hybridized carbons (Fsp3) is 0.286. The van der Waals surface area contributed by atoms with Crippen LogP contribution in [0.1, 0.15) is 25.0 Å². The zero-order chi connectivity index (χ0) is 16.0. The van der Waals surface area contributed by atoms with Crippen LogP contribution in [0.3, 0.4) is 0 Å². The standard InChI is InChI=1S/C14H15F3N2OS/c1-9(6-10(2)20)19-11(3)21-8-12-7-18-5-4-13(12)14(15,16)17/h4-7,20H,2,8H2,1,3H3/b9-6-,19-11+. The number of aliphatic hydroxyl groups excluding tert-OH is 1. The molecule has 0 fully saturated rings. The van der Waals surface area contributed by atoms with Crippen molar-refractivity contribution in [2.24, 2.45) is 4.99 Å². The third kappa shape index (κ3) is 6.03. The van der Waals surface area contributed by atoms with E-state index in [0.29, 0.717) is 10.7 Å². The molecule has 114 valence electrons. The maximum atomic E-state index is 12.8. The SMILES string of the molecule is C=C(O)/C=C(C)\N=C(/C)SCc1cnccc1C(F)(F)F. The van der Waals surface area contributed by atoms with Crippen molar-refractivity contribution in [2.45, 2.75) is 25.8 Å². The van der Waals surface area contributed by atoms with Crippen LogP contribution < -0.4 is 0 Å². The molecule has 1 aromatic rings. The minimum absolute atomic E-state index is 0.109. The Bertz CT molecular complexity index is 580. The van der Waals surface area contributed by atoms with Crippen LogP contribution in [0.25, 0.3) is 0 Å². The van der Waals surface area contributed by atoms with E-state index < -0.39 is 11.7 Å². The third-order valence-electron chi connectivity index (χ3n) is 2.35. The zero-order valence-corrected chi connectivity index (χ0v) is 12.4. The topological polar surface area (TPSA) is 45.5 Å². The molecule has 7 heteroatoms. The predicted molar refractivity (Wildman–Crippen MR) is 79.2 cm³/mol. The van der Waals surface area contributed by atoms with E-state index in [0.717, 1.165) is 12.3 Å². The van der Waals surface area contributed by atoms with Crippen molar-refractivity contribution in [3.8, 4) is 0 Å². The first kappa shape index (κ1) is 17.3. The molecule has 0 saturated heterocycles. The summed E-state index contributed by atoms with van der Waals surface area (Å²) in [6.07, 6.45) is -0.692. The number of aliphatic hydroxyl groups is 1. The third-order valence-corrected chi connectivity index (χ3v) is 3.32. The van der Waals surface area contributed by atoms with Crippen molar-refractivity contribution in [2.75, 3.05) is 0 Å². The first-order valence-electron chi connectivity index (χ1n) is 5.94. The lowest BCUT2D eigenvalue weighted by Crippen LogP contribution is -2.09. The Labute approximate surface area is 125 Å². The summed E-state index contributed by atoms with van der Waals surface area (Å²) >= 11 is 1.17. The molecular formula is C14H15F3N2OS. The highest BCUT2D eigenvalue weighted by Gasteiger charge is 2.33. The normalized spacial score (nSPS) is 13.4. The van der Waals surface area contributed by atoms with Crippen molar-refractivity contribution in [1.82, 2.24) is 4.98 Å². The highest BCUT2D eigenvalue weighted by atomic mass is 32.2. The van der Waals surface area contributed by atoms with E-state index in [1.807, 2.05) is 0 Å². The Kier molecular flexibility index (Phi) is 6.02. The highest BCUT2D eigenvalue weighted by Crippen LogP contribution is 2.33. The molecular weight excluding hydrogens is 301 g/mol. The van der Waals surface area contributed by atoms with Gasteiger partial charge in [0.1, 0.15) is 5.76 Å². The number of hydrogen-bond acceptors (Lipinski definition) is 4. The van der Waals surface area contributed by atoms with Gasteiger partial charge in [-0.05, 0) is 25.5 Å². The molecule has 21 heavy (non-hydrogen) atoms. The quantitative estimate of drug-likeness (QED) is 0.378. The van der Waals surface area contributed by atoms with Crippen molar-refractivity contribution in [1.29, 1.82) is 0 Å². The molecule has 1 N–H and O–H groups in total. The first-order valence-corrected chi connectivity index (χ1v) is 6.93. The van der Waals surface area contributed by atoms with E-state index in [1.54, 1.807) is 13.8 Å². The van der Waals surface area contributed by atoms with Gasteiger partial charge in [0, 0.05) is 29.9 Å². The number of pyridine rings is 1. The summed E-state index contributed by atoms with van der Waals surface area (Å²) in [4.78, 5) is 7.87. The molecule has 0 spiro atoms. The van der Waals surface area contributed by atoms with Crippen LogP contribution in [0.2, 0.25) is 0 Å². The second kappa shape index (κ2) is 7.31. The molecule has 1 rings (SSSR count). The average molecular weight is 316 g/mol. The lowest BCUT2D eigenvalue weighted by atomic mass is 10.1. The van der Waals surface area contributed by atoms with Gasteiger partial charge in [-0.3, -0.25) is 9.98 Å². The summed E-state index contributed by atoms with van der Waals surface area (Å²) in [6, 6.07) is 0.962. The summed E-state index contributed by atoms with van der Waals surface area (Å²) in [6.45, 7) is 6.65. The zero-order valence-electron chi connectivity index (χ0n) is 11.6. The summed E-state index contributed by atoms with van der Waals surface area (Å²) < 4.78 is 38.4.